The Hall–Kier alpha value is -1.42. The van der Waals surface area contributed by atoms with Gasteiger partial charge in [0.25, 0.3) is 0 Å². The van der Waals surface area contributed by atoms with E-state index in [4.69, 9.17) is 0 Å². The van der Waals surface area contributed by atoms with Crippen molar-refractivity contribution in [3.8, 4) is 0 Å². The molecule has 19 heavy (non-hydrogen) atoms. The Morgan fingerprint density at radius 3 is 2.63 bits per heavy atom. The summed E-state index contributed by atoms with van der Waals surface area (Å²) in [7, 11) is 0. The summed E-state index contributed by atoms with van der Waals surface area (Å²) in [5.41, 5.74) is 0.216. The molecule has 1 aromatic rings. The molecule has 3 fully saturated rings. The van der Waals surface area contributed by atoms with Crippen molar-refractivity contribution in [2.24, 2.45) is 5.92 Å². The molecule has 2 saturated carbocycles. The van der Waals surface area contributed by atoms with Gasteiger partial charge in [-0.05, 0) is 31.2 Å². The number of halogens is 1. The number of amides is 1. The molecular weight excluding hydrogens is 243 g/mol. The van der Waals surface area contributed by atoms with Gasteiger partial charge in [0, 0.05) is 11.6 Å². The SMILES string of the molecule is CC1CC1N1C(=O)C2(CC2)NC1c1ccccc1F. The van der Waals surface area contributed by atoms with Crippen molar-refractivity contribution in [1.82, 2.24) is 10.2 Å². The molecule has 4 heteroatoms. The monoisotopic (exact) mass is 260 g/mol. The van der Waals surface area contributed by atoms with E-state index in [1.165, 1.54) is 6.07 Å². The Morgan fingerprint density at radius 1 is 1.37 bits per heavy atom. The summed E-state index contributed by atoms with van der Waals surface area (Å²) in [4.78, 5) is 14.5. The first-order chi connectivity index (χ1) is 9.12. The summed E-state index contributed by atoms with van der Waals surface area (Å²) in [5.74, 6) is 0.479. The topological polar surface area (TPSA) is 32.3 Å². The molecule has 0 aromatic heterocycles. The van der Waals surface area contributed by atoms with E-state index in [9.17, 15) is 9.18 Å². The number of hydrogen-bond donors (Lipinski definition) is 1. The molecule has 2 aliphatic carbocycles. The third-order valence-electron chi connectivity index (χ3n) is 4.71. The molecular formula is C15H17FN2O. The van der Waals surface area contributed by atoms with Crippen LogP contribution in [0, 0.1) is 11.7 Å². The molecule has 4 rings (SSSR count). The van der Waals surface area contributed by atoms with Crippen LogP contribution in [0.2, 0.25) is 0 Å². The molecule has 3 unspecified atom stereocenters. The fourth-order valence-corrected chi connectivity index (χ4v) is 3.20. The summed E-state index contributed by atoms with van der Waals surface area (Å²) in [5, 5.41) is 3.38. The Morgan fingerprint density at radius 2 is 2.05 bits per heavy atom. The van der Waals surface area contributed by atoms with E-state index in [-0.39, 0.29) is 29.5 Å². The van der Waals surface area contributed by atoms with E-state index in [0.717, 1.165) is 19.3 Å². The van der Waals surface area contributed by atoms with Crippen LogP contribution in [0.15, 0.2) is 24.3 Å². The highest BCUT2D eigenvalue weighted by molar-refractivity contribution is 5.92. The Bertz CT molecular complexity index is 555. The summed E-state index contributed by atoms with van der Waals surface area (Å²) >= 11 is 0. The van der Waals surface area contributed by atoms with Crippen LogP contribution in [0.25, 0.3) is 0 Å². The number of carbonyl (C=O) groups excluding carboxylic acids is 1. The minimum absolute atomic E-state index is 0.176. The van der Waals surface area contributed by atoms with Crippen LogP contribution in [0.4, 0.5) is 4.39 Å². The van der Waals surface area contributed by atoms with Crippen LogP contribution >= 0.6 is 0 Å². The number of benzene rings is 1. The highest BCUT2D eigenvalue weighted by atomic mass is 19.1. The van der Waals surface area contributed by atoms with E-state index in [0.29, 0.717) is 11.5 Å². The van der Waals surface area contributed by atoms with Gasteiger partial charge in [0.15, 0.2) is 0 Å². The lowest BCUT2D eigenvalue weighted by Gasteiger charge is -2.25. The second kappa shape index (κ2) is 3.57. The van der Waals surface area contributed by atoms with Crippen molar-refractivity contribution in [2.45, 2.75) is 43.9 Å². The molecule has 1 saturated heterocycles. The van der Waals surface area contributed by atoms with Crippen molar-refractivity contribution in [3.63, 3.8) is 0 Å². The van der Waals surface area contributed by atoms with Crippen LogP contribution in [0.3, 0.4) is 0 Å². The predicted octanol–water partition coefficient (Wildman–Crippen LogP) is 2.20. The molecule has 3 nitrogen and oxygen atoms in total. The first-order valence-electron chi connectivity index (χ1n) is 6.97. The van der Waals surface area contributed by atoms with Gasteiger partial charge in [-0.25, -0.2) is 4.39 Å². The van der Waals surface area contributed by atoms with E-state index in [1.54, 1.807) is 12.1 Å². The van der Waals surface area contributed by atoms with Gasteiger partial charge in [-0.15, -0.1) is 0 Å². The van der Waals surface area contributed by atoms with E-state index < -0.39 is 0 Å². The van der Waals surface area contributed by atoms with Crippen molar-refractivity contribution in [1.29, 1.82) is 0 Å². The highest BCUT2D eigenvalue weighted by Crippen LogP contribution is 2.51. The van der Waals surface area contributed by atoms with Gasteiger partial charge >= 0.3 is 0 Å². The van der Waals surface area contributed by atoms with Gasteiger partial charge in [0.05, 0.1) is 0 Å². The summed E-state index contributed by atoms with van der Waals surface area (Å²) in [6.45, 7) is 2.15. The zero-order valence-corrected chi connectivity index (χ0v) is 10.9. The van der Waals surface area contributed by atoms with Gasteiger partial charge in [-0.2, -0.15) is 0 Å². The Balaban J connectivity index is 1.74. The third kappa shape index (κ3) is 1.56. The molecule has 1 amide bonds. The quantitative estimate of drug-likeness (QED) is 0.884. The van der Waals surface area contributed by atoms with Crippen LogP contribution in [0.1, 0.15) is 37.9 Å². The van der Waals surface area contributed by atoms with Crippen molar-refractivity contribution >= 4 is 5.91 Å². The Labute approximate surface area is 111 Å². The number of nitrogens with zero attached hydrogens (tertiary/aromatic N) is 1. The fourth-order valence-electron chi connectivity index (χ4n) is 3.20. The maximum Gasteiger partial charge on any atom is 0.244 e. The zero-order chi connectivity index (χ0) is 13.2. The number of carbonyl (C=O) groups is 1. The standard InChI is InChI=1S/C15H17FN2O/c1-9-8-12(9)18-13(10-4-2-3-5-11(10)16)17-15(6-7-15)14(18)19/h2-5,9,12-13,17H,6-8H2,1H3. The van der Waals surface area contributed by atoms with Gasteiger partial charge in [0.2, 0.25) is 5.91 Å². The average Bonchev–Trinajstić information content (AvgIpc) is 3.27. The average molecular weight is 260 g/mol. The lowest BCUT2D eigenvalue weighted by molar-refractivity contribution is -0.131. The van der Waals surface area contributed by atoms with E-state index in [1.807, 2.05) is 11.0 Å². The van der Waals surface area contributed by atoms with Crippen LogP contribution < -0.4 is 5.32 Å². The first kappa shape index (κ1) is 11.4. The van der Waals surface area contributed by atoms with Crippen LogP contribution in [0.5, 0.6) is 0 Å². The van der Waals surface area contributed by atoms with Gasteiger partial charge in [0.1, 0.15) is 17.5 Å². The molecule has 3 aliphatic rings. The van der Waals surface area contributed by atoms with E-state index >= 15 is 0 Å². The van der Waals surface area contributed by atoms with Crippen LogP contribution in [-0.2, 0) is 4.79 Å². The molecule has 1 spiro atoms. The summed E-state index contributed by atoms with van der Waals surface area (Å²) < 4.78 is 14.0. The first-order valence-corrected chi connectivity index (χ1v) is 6.97. The second-order valence-electron chi connectivity index (χ2n) is 6.14. The third-order valence-corrected chi connectivity index (χ3v) is 4.71. The predicted molar refractivity (Wildman–Crippen MR) is 68.7 cm³/mol. The number of nitrogens with one attached hydrogen (secondary N) is 1. The van der Waals surface area contributed by atoms with Gasteiger partial charge in [-0.3, -0.25) is 10.1 Å². The minimum atomic E-state index is -0.380. The second-order valence-corrected chi connectivity index (χ2v) is 6.14. The molecule has 3 atom stereocenters. The molecule has 0 bridgehead atoms. The number of hydrogen-bond acceptors (Lipinski definition) is 2. The van der Waals surface area contributed by atoms with Crippen LogP contribution in [-0.4, -0.2) is 22.4 Å². The maximum atomic E-state index is 14.0. The van der Waals surface area contributed by atoms with Crippen molar-refractivity contribution in [2.75, 3.05) is 0 Å². The highest BCUT2D eigenvalue weighted by Gasteiger charge is 2.63. The van der Waals surface area contributed by atoms with E-state index in [2.05, 4.69) is 12.2 Å². The van der Waals surface area contributed by atoms with Gasteiger partial charge < -0.3 is 4.90 Å². The Kier molecular flexibility index (Phi) is 2.14. The van der Waals surface area contributed by atoms with Crippen molar-refractivity contribution in [3.05, 3.63) is 35.6 Å². The number of rotatable bonds is 2. The molecule has 0 radical (unpaired) electrons. The maximum absolute atomic E-state index is 14.0. The summed E-state index contributed by atoms with van der Waals surface area (Å²) in [6, 6.07) is 7.05. The molecule has 1 aliphatic heterocycles. The smallest absolute Gasteiger partial charge is 0.244 e. The molecule has 1 aromatic carbocycles. The molecule has 1 N–H and O–H groups in total. The normalized spacial score (nSPS) is 34.9. The molecule has 1 heterocycles. The minimum Gasteiger partial charge on any atom is -0.318 e. The fraction of sp³-hybridized carbons (Fsp3) is 0.533. The largest absolute Gasteiger partial charge is 0.318 e. The lowest BCUT2D eigenvalue weighted by Crippen LogP contribution is -2.34. The zero-order valence-electron chi connectivity index (χ0n) is 10.9. The van der Waals surface area contributed by atoms with Crippen molar-refractivity contribution < 1.29 is 9.18 Å². The summed E-state index contributed by atoms with van der Waals surface area (Å²) in [6.07, 6.45) is 2.52. The molecule has 100 valence electrons. The lowest BCUT2D eigenvalue weighted by atomic mass is 10.1. The van der Waals surface area contributed by atoms with Gasteiger partial charge in [-0.1, -0.05) is 25.1 Å².